The summed E-state index contributed by atoms with van der Waals surface area (Å²) >= 11 is 6.16. The fraction of sp³-hybridized carbons (Fsp3) is 0.222. The molecule has 2 aromatic heterocycles. The Hall–Kier alpha value is -2.58. The second kappa shape index (κ2) is 7.21. The molecule has 0 radical (unpaired) electrons. The topological polar surface area (TPSA) is 66.6 Å². The van der Waals surface area contributed by atoms with Crippen LogP contribution in [0, 0.1) is 0 Å². The van der Waals surface area contributed by atoms with Crippen LogP contribution in [0.5, 0.6) is 0 Å². The van der Waals surface area contributed by atoms with E-state index in [2.05, 4.69) is 10.3 Å². The molecule has 0 spiro atoms. The van der Waals surface area contributed by atoms with Gasteiger partial charge in [-0.2, -0.15) is 18.2 Å². The van der Waals surface area contributed by atoms with Crippen LogP contribution >= 0.6 is 11.6 Å². The summed E-state index contributed by atoms with van der Waals surface area (Å²) in [6.45, 7) is 1.60. The maximum Gasteiger partial charge on any atom is 0.416 e. The maximum absolute atomic E-state index is 13.2. The third kappa shape index (κ3) is 3.91. The largest absolute Gasteiger partial charge is 0.416 e. The van der Waals surface area contributed by atoms with Crippen molar-refractivity contribution in [2.45, 2.75) is 19.2 Å². The SMILES string of the molecule is CC(O)CNc1nc(=O)c(-c2ccccc2Cl)c2cc(C(F)(F)F)ccn12. The van der Waals surface area contributed by atoms with Gasteiger partial charge in [-0.3, -0.25) is 9.20 Å². The van der Waals surface area contributed by atoms with E-state index >= 15 is 0 Å². The zero-order chi connectivity index (χ0) is 19.8. The van der Waals surface area contributed by atoms with Gasteiger partial charge >= 0.3 is 6.18 Å². The lowest BCUT2D eigenvalue weighted by atomic mass is 10.0. The standard InChI is InChI=1S/C18H15ClF3N3O2/c1-10(26)9-23-17-24-16(27)15(12-4-2-3-5-13(12)19)14-8-11(18(20,21)22)6-7-25(14)17/h2-8,10,26H,9H2,1H3,(H,23,24,27). The third-order valence-corrected chi connectivity index (χ3v) is 4.22. The van der Waals surface area contributed by atoms with Crippen LogP contribution < -0.4 is 10.9 Å². The second-order valence-electron chi connectivity index (χ2n) is 5.99. The first-order chi connectivity index (χ1) is 12.7. The number of anilines is 1. The number of fused-ring (bicyclic) bond motifs is 1. The summed E-state index contributed by atoms with van der Waals surface area (Å²) in [5.74, 6) is 0.0282. The number of aromatic nitrogens is 2. The van der Waals surface area contributed by atoms with E-state index in [4.69, 9.17) is 11.6 Å². The molecular formula is C18H15ClF3N3O2. The number of halogens is 4. The quantitative estimate of drug-likeness (QED) is 0.702. The monoisotopic (exact) mass is 397 g/mol. The zero-order valence-corrected chi connectivity index (χ0v) is 14.8. The molecule has 3 aromatic rings. The second-order valence-corrected chi connectivity index (χ2v) is 6.40. The van der Waals surface area contributed by atoms with Gasteiger partial charge in [-0.25, -0.2) is 0 Å². The Morgan fingerprint density at radius 1 is 1.30 bits per heavy atom. The molecule has 0 aliphatic heterocycles. The summed E-state index contributed by atoms with van der Waals surface area (Å²) in [5, 5.41) is 12.4. The number of rotatable bonds is 4. The summed E-state index contributed by atoms with van der Waals surface area (Å²) in [6, 6.07) is 8.14. The predicted molar refractivity (Wildman–Crippen MR) is 97.1 cm³/mol. The Morgan fingerprint density at radius 3 is 2.63 bits per heavy atom. The molecule has 0 saturated heterocycles. The summed E-state index contributed by atoms with van der Waals surface area (Å²) in [5.41, 5.74) is -1.37. The van der Waals surface area contributed by atoms with Crippen LogP contribution in [-0.4, -0.2) is 27.1 Å². The van der Waals surface area contributed by atoms with Crippen LogP contribution in [0.1, 0.15) is 12.5 Å². The summed E-state index contributed by atoms with van der Waals surface area (Å²) < 4.78 is 41.0. The van der Waals surface area contributed by atoms with Crippen molar-refractivity contribution < 1.29 is 18.3 Å². The molecule has 2 N–H and O–H groups in total. The first kappa shape index (κ1) is 19.2. The Labute approximate surface area is 157 Å². The molecule has 5 nitrogen and oxygen atoms in total. The van der Waals surface area contributed by atoms with E-state index in [0.29, 0.717) is 0 Å². The van der Waals surface area contributed by atoms with Crippen molar-refractivity contribution in [2.24, 2.45) is 0 Å². The summed E-state index contributed by atoms with van der Waals surface area (Å²) in [7, 11) is 0. The third-order valence-electron chi connectivity index (χ3n) is 3.89. The van der Waals surface area contributed by atoms with Gasteiger partial charge in [0.15, 0.2) is 0 Å². The fourth-order valence-electron chi connectivity index (χ4n) is 2.65. The van der Waals surface area contributed by atoms with E-state index in [9.17, 15) is 23.1 Å². The van der Waals surface area contributed by atoms with Crippen LogP contribution in [0.25, 0.3) is 16.6 Å². The highest BCUT2D eigenvalue weighted by Gasteiger charge is 2.31. The van der Waals surface area contributed by atoms with E-state index in [-0.39, 0.29) is 34.2 Å². The van der Waals surface area contributed by atoms with Gasteiger partial charge in [0.05, 0.1) is 22.7 Å². The van der Waals surface area contributed by atoms with Gasteiger partial charge in [0.25, 0.3) is 5.56 Å². The van der Waals surface area contributed by atoms with E-state index < -0.39 is 23.4 Å². The van der Waals surface area contributed by atoms with Gasteiger partial charge in [0, 0.05) is 23.3 Å². The van der Waals surface area contributed by atoms with Gasteiger partial charge in [0.2, 0.25) is 5.95 Å². The molecule has 1 atom stereocenters. The minimum Gasteiger partial charge on any atom is -0.392 e. The van der Waals surface area contributed by atoms with Crippen molar-refractivity contribution in [1.29, 1.82) is 0 Å². The molecule has 0 aliphatic carbocycles. The molecule has 0 bridgehead atoms. The summed E-state index contributed by atoms with van der Waals surface area (Å²) in [4.78, 5) is 16.6. The number of alkyl halides is 3. The number of aliphatic hydroxyl groups excluding tert-OH is 1. The minimum absolute atomic E-state index is 0.00557. The highest BCUT2D eigenvalue weighted by Crippen LogP contribution is 2.34. The lowest BCUT2D eigenvalue weighted by Gasteiger charge is -2.16. The van der Waals surface area contributed by atoms with Crippen LogP contribution in [0.4, 0.5) is 19.1 Å². The van der Waals surface area contributed by atoms with Gasteiger partial charge < -0.3 is 10.4 Å². The first-order valence-electron chi connectivity index (χ1n) is 7.99. The Bertz CT molecular complexity index is 1050. The Kier molecular flexibility index (Phi) is 5.12. The van der Waals surface area contributed by atoms with Crippen molar-refractivity contribution in [2.75, 3.05) is 11.9 Å². The molecular weight excluding hydrogens is 383 g/mol. The van der Waals surface area contributed by atoms with Crippen LogP contribution in [0.15, 0.2) is 47.4 Å². The minimum atomic E-state index is -4.58. The number of aliphatic hydroxyl groups is 1. The van der Waals surface area contributed by atoms with E-state index in [0.717, 1.165) is 12.1 Å². The molecule has 0 amide bonds. The lowest BCUT2D eigenvalue weighted by molar-refractivity contribution is -0.137. The van der Waals surface area contributed by atoms with E-state index in [1.54, 1.807) is 24.3 Å². The fourth-order valence-corrected chi connectivity index (χ4v) is 2.88. The maximum atomic E-state index is 13.2. The van der Waals surface area contributed by atoms with Crippen LogP contribution in [-0.2, 0) is 6.18 Å². The van der Waals surface area contributed by atoms with Gasteiger partial charge in [0.1, 0.15) is 0 Å². The van der Waals surface area contributed by atoms with Gasteiger partial charge in [-0.05, 0) is 25.1 Å². The smallest absolute Gasteiger partial charge is 0.392 e. The van der Waals surface area contributed by atoms with Crippen LogP contribution in [0.3, 0.4) is 0 Å². The summed E-state index contributed by atoms with van der Waals surface area (Å²) in [6.07, 6.45) is -4.14. The molecule has 0 saturated carbocycles. The number of pyridine rings is 1. The first-order valence-corrected chi connectivity index (χ1v) is 8.36. The number of benzene rings is 1. The molecule has 142 valence electrons. The number of nitrogens with one attached hydrogen (secondary N) is 1. The van der Waals surface area contributed by atoms with Gasteiger partial charge in [-0.1, -0.05) is 29.8 Å². The van der Waals surface area contributed by atoms with E-state index in [1.165, 1.54) is 17.5 Å². The average Bonchev–Trinajstić information content (AvgIpc) is 2.59. The molecule has 27 heavy (non-hydrogen) atoms. The van der Waals surface area contributed by atoms with Crippen LogP contribution in [0.2, 0.25) is 5.02 Å². The zero-order valence-electron chi connectivity index (χ0n) is 14.1. The number of hydrogen-bond acceptors (Lipinski definition) is 4. The molecule has 9 heteroatoms. The molecule has 1 aromatic carbocycles. The molecule has 0 aliphatic rings. The molecule has 0 fully saturated rings. The highest BCUT2D eigenvalue weighted by atomic mass is 35.5. The number of hydrogen-bond donors (Lipinski definition) is 2. The van der Waals surface area contributed by atoms with Crippen molar-refractivity contribution in [3.63, 3.8) is 0 Å². The Balaban J connectivity index is 2.34. The highest BCUT2D eigenvalue weighted by molar-refractivity contribution is 6.33. The van der Waals surface area contributed by atoms with Gasteiger partial charge in [-0.15, -0.1) is 0 Å². The average molecular weight is 398 g/mol. The van der Waals surface area contributed by atoms with E-state index in [1.807, 2.05) is 0 Å². The van der Waals surface area contributed by atoms with Crippen molar-refractivity contribution >= 4 is 23.1 Å². The predicted octanol–water partition coefficient (Wildman–Crippen LogP) is 3.83. The Morgan fingerprint density at radius 2 is 2.00 bits per heavy atom. The molecule has 2 heterocycles. The molecule has 1 unspecified atom stereocenters. The van der Waals surface area contributed by atoms with Crippen molar-refractivity contribution in [3.05, 3.63) is 63.5 Å². The number of nitrogens with zero attached hydrogens (tertiary/aromatic N) is 2. The lowest BCUT2D eigenvalue weighted by Crippen LogP contribution is -2.23. The normalized spacial score (nSPS) is 13.0. The van der Waals surface area contributed by atoms with Crippen molar-refractivity contribution in [1.82, 2.24) is 9.38 Å². The molecule has 3 rings (SSSR count). The van der Waals surface area contributed by atoms with Crippen molar-refractivity contribution in [3.8, 4) is 11.1 Å².